The number of rotatable bonds is 5. The maximum absolute atomic E-state index is 4.74. The standard InChI is InChI=1S/C20H29N.C16H21NS/c1-14(2)16-8-10-17(11-9-16)18-12-19(15(3)4)21(13-18)20(5,6)7;1-11(2)12-6-8-13(9-7-12)14-10-18-15(17-14)16(3,4)5/h8-15H,1-7H3;6-11H,1-5H3. The molecule has 0 aliphatic carbocycles. The molecular weight excluding hydrogens is 492 g/mol. The summed E-state index contributed by atoms with van der Waals surface area (Å²) in [6, 6.07) is 20.1. The molecule has 0 aliphatic rings. The van der Waals surface area contributed by atoms with E-state index in [4.69, 9.17) is 4.98 Å². The number of benzene rings is 2. The summed E-state index contributed by atoms with van der Waals surface area (Å²) in [7, 11) is 0. The maximum Gasteiger partial charge on any atom is 0.0986 e. The van der Waals surface area contributed by atoms with Crippen molar-refractivity contribution in [2.24, 2.45) is 0 Å². The van der Waals surface area contributed by atoms with Crippen LogP contribution >= 0.6 is 11.3 Å². The Bertz CT molecular complexity index is 1320. The van der Waals surface area contributed by atoms with Gasteiger partial charge in [-0.15, -0.1) is 11.3 Å². The first-order valence-electron chi connectivity index (χ1n) is 14.5. The Hall–Kier alpha value is -2.65. The molecule has 0 atom stereocenters. The lowest BCUT2D eigenvalue weighted by Crippen LogP contribution is -2.23. The van der Waals surface area contributed by atoms with Crippen LogP contribution in [0.5, 0.6) is 0 Å². The van der Waals surface area contributed by atoms with Crippen LogP contribution in [-0.4, -0.2) is 9.55 Å². The second-order valence-electron chi connectivity index (χ2n) is 13.7. The Balaban J connectivity index is 0.000000218. The smallest absolute Gasteiger partial charge is 0.0986 e. The van der Waals surface area contributed by atoms with Crippen molar-refractivity contribution in [3.05, 3.63) is 88.0 Å². The molecule has 0 unspecified atom stereocenters. The van der Waals surface area contributed by atoms with Gasteiger partial charge < -0.3 is 4.57 Å². The average molecular weight is 543 g/mol. The summed E-state index contributed by atoms with van der Waals surface area (Å²) in [6.07, 6.45) is 2.31. The fourth-order valence-corrected chi connectivity index (χ4v) is 5.43. The van der Waals surface area contributed by atoms with E-state index in [0.29, 0.717) is 17.8 Å². The van der Waals surface area contributed by atoms with Crippen molar-refractivity contribution in [1.82, 2.24) is 9.55 Å². The highest BCUT2D eigenvalue weighted by Gasteiger charge is 2.20. The Morgan fingerprint density at radius 3 is 1.49 bits per heavy atom. The Labute approximate surface area is 242 Å². The van der Waals surface area contributed by atoms with E-state index in [1.165, 1.54) is 38.5 Å². The van der Waals surface area contributed by atoms with Gasteiger partial charge in [-0.3, -0.25) is 0 Å². The van der Waals surface area contributed by atoms with Crippen LogP contribution in [0.4, 0.5) is 0 Å². The van der Waals surface area contributed by atoms with Gasteiger partial charge in [0.2, 0.25) is 0 Å². The highest BCUT2D eigenvalue weighted by atomic mass is 32.1. The summed E-state index contributed by atoms with van der Waals surface area (Å²) >= 11 is 1.75. The van der Waals surface area contributed by atoms with E-state index in [-0.39, 0.29) is 11.0 Å². The van der Waals surface area contributed by atoms with Crippen molar-refractivity contribution in [1.29, 1.82) is 0 Å². The summed E-state index contributed by atoms with van der Waals surface area (Å²) in [6.45, 7) is 26.9. The molecule has 0 bridgehead atoms. The summed E-state index contributed by atoms with van der Waals surface area (Å²) < 4.78 is 2.42. The van der Waals surface area contributed by atoms with Crippen LogP contribution in [0.25, 0.3) is 22.4 Å². The van der Waals surface area contributed by atoms with Crippen molar-refractivity contribution in [2.45, 2.75) is 112 Å². The normalized spacial score (nSPS) is 12.3. The SMILES string of the molecule is CC(C)c1ccc(-c2cc(C(C)C)n(C(C)(C)C)c2)cc1.CC(C)c1ccc(-c2csc(C(C)(C)C)n2)cc1. The monoisotopic (exact) mass is 542 g/mol. The molecule has 0 saturated carbocycles. The zero-order valence-electron chi connectivity index (χ0n) is 26.4. The van der Waals surface area contributed by atoms with Crippen LogP contribution in [0.3, 0.4) is 0 Å². The van der Waals surface area contributed by atoms with Crippen LogP contribution in [0, 0.1) is 0 Å². The molecule has 2 heterocycles. The topological polar surface area (TPSA) is 17.8 Å². The Morgan fingerprint density at radius 1 is 0.641 bits per heavy atom. The molecule has 0 N–H and O–H groups in total. The van der Waals surface area contributed by atoms with Crippen molar-refractivity contribution >= 4 is 11.3 Å². The molecule has 0 saturated heterocycles. The van der Waals surface area contributed by atoms with Gasteiger partial charge in [0.1, 0.15) is 0 Å². The Morgan fingerprint density at radius 2 is 1.13 bits per heavy atom. The molecule has 2 aromatic heterocycles. The summed E-state index contributed by atoms with van der Waals surface area (Å²) in [5, 5.41) is 3.36. The van der Waals surface area contributed by atoms with Gasteiger partial charge in [0, 0.05) is 33.8 Å². The number of thiazole rings is 1. The molecule has 2 aromatic carbocycles. The number of nitrogens with zero attached hydrogens (tertiary/aromatic N) is 2. The molecule has 0 aliphatic heterocycles. The first kappa shape index (κ1) is 30.9. The predicted molar refractivity (Wildman–Crippen MR) is 173 cm³/mol. The van der Waals surface area contributed by atoms with Gasteiger partial charge in [0.15, 0.2) is 0 Å². The third-order valence-corrected chi connectivity index (χ3v) is 8.36. The Kier molecular flexibility index (Phi) is 9.70. The van der Waals surface area contributed by atoms with Crippen molar-refractivity contribution < 1.29 is 0 Å². The molecular formula is C36H50N2S. The van der Waals surface area contributed by atoms with E-state index in [2.05, 4.69) is 154 Å². The first-order chi connectivity index (χ1) is 18.1. The van der Waals surface area contributed by atoms with Crippen LogP contribution in [0.1, 0.15) is 123 Å². The second-order valence-corrected chi connectivity index (χ2v) is 14.5. The third-order valence-electron chi connectivity index (χ3n) is 7.09. The zero-order valence-corrected chi connectivity index (χ0v) is 27.2. The second kappa shape index (κ2) is 12.3. The molecule has 0 amide bonds. The van der Waals surface area contributed by atoms with Gasteiger partial charge in [-0.05, 0) is 66.8 Å². The lowest BCUT2D eigenvalue weighted by Gasteiger charge is -2.26. The minimum Gasteiger partial charge on any atom is -0.345 e. The number of aromatic nitrogens is 2. The van der Waals surface area contributed by atoms with Gasteiger partial charge in [0.25, 0.3) is 0 Å². The van der Waals surface area contributed by atoms with Crippen molar-refractivity contribution in [3.8, 4) is 22.4 Å². The van der Waals surface area contributed by atoms with Gasteiger partial charge in [-0.1, -0.05) is 111 Å². The molecule has 210 valence electrons. The molecule has 0 spiro atoms. The van der Waals surface area contributed by atoms with E-state index in [9.17, 15) is 0 Å². The highest BCUT2D eigenvalue weighted by molar-refractivity contribution is 7.10. The van der Waals surface area contributed by atoms with Gasteiger partial charge in [-0.2, -0.15) is 0 Å². The highest BCUT2D eigenvalue weighted by Crippen LogP contribution is 2.32. The fraction of sp³-hybridized carbons (Fsp3) is 0.472. The van der Waals surface area contributed by atoms with E-state index in [1.807, 2.05) is 0 Å². The third kappa shape index (κ3) is 7.94. The quantitative estimate of drug-likeness (QED) is 0.245. The van der Waals surface area contributed by atoms with Crippen LogP contribution in [-0.2, 0) is 11.0 Å². The van der Waals surface area contributed by atoms with Crippen LogP contribution < -0.4 is 0 Å². The lowest BCUT2D eigenvalue weighted by molar-refractivity contribution is 0.381. The van der Waals surface area contributed by atoms with Gasteiger partial charge in [0.05, 0.1) is 10.7 Å². The maximum atomic E-state index is 4.74. The van der Waals surface area contributed by atoms with Crippen molar-refractivity contribution in [2.75, 3.05) is 0 Å². The molecule has 4 rings (SSSR count). The minimum absolute atomic E-state index is 0.121. The van der Waals surface area contributed by atoms with E-state index in [0.717, 1.165) is 5.69 Å². The molecule has 2 nitrogen and oxygen atoms in total. The molecule has 4 aromatic rings. The molecule has 39 heavy (non-hydrogen) atoms. The van der Waals surface area contributed by atoms with Gasteiger partial charge >= 0.3 is 0 Å². The first-order valence-corrected chi connectivity index (χ1v) is 15.3. The van der Waals surface area contributed by atoms with Gasteiger partial charge in [-0.25, -0.2) is 4.98 Å². The van der Waals surface area contributed by atoms with E-state index < -0.39 is 0 Å². The summed E-state index contributed by atoms with van der Waals surface area (Å²) in [5.41, 5.74) is 9.39. The van der Waals surface area contributed by atoms with Crippen LogP contribution in [0.15, 0.2) is 66.2 Å². The molecule has 0 radical (unpaired) electrons. The fourth-order valence-electron chi connectivity index (χ4n) is 4.51. The molecule has 3 heteroatoms. The summed E-state index contributed by atoms with van der Waals surface area (Å²) in [5.74, 6) is 1.71. The van der Waals surface area contributed by atoms with E-state index in [1.54, 1.807) is 11.3 Å². The number of hydrogen-bond donors (Lipinski definition) is 0. The average Bonchev–Trinajstić information content (AvgIpc) is 3.53. The summed E-state index contributed by atoms with van der Waals surface area (Å²) in [4.78, 5) is 4.74. The van der Waals surface area contributed by atoms with Crippen molar-refractivity contribution in [3.63, 3.8) is 0 Å². The zero-order chi connectivity index (χ0) is 29.1. The number of hydrogen-bond acceptors (Lipinski definition) is 2. The minimum atomic E-state index is 0.121. The largest absolute Gasteiger partial charge is 0.345 e. The molecule has 0 fully saturated rings. The predicted octanol–water partition coefficient (Wildman–Crippen LogP) is 11.4. The lowest BCUT2D eigenvalue weighted by atomic mass is 9.98. The van der Waals surface area contributed by atoms with Crippen LogP contribution in [0.2, 0.25) is 0 Å². The van der Waals surface area contributed by atoms with E-state index >= 15 is 0 Å².